The zero-order valence-electron chi connectivity index (χ0n) is 13.2. The van der Waals surface area contributed by atoms with Crippen LogP contribution in [0.4, 0.5) is 0 Å². The topological polar surface area (TPSA) is 29.1 Å². The molecule has 21 heavy (non-hydrogen) atoms. The number of likely N-dealkylation sites (N-methyl/N-ethyl adjacent to an activating group) is 1. The number of carbonyl (C=O) groups is 1. The molecule has 0 aliphatic heterocycles. The van der Waals surface area contributed by atoms with Crippen LogP contribution >= 0.6 is 12.4 Å². The first-order chi connectivity index (χ1) is 9.52. The summed E-state index contributed by atoms with van der Waals surface area (Å²) in [5.74, 6) is 0.714. The highest BCUT2D eigenvalue weighted by Crippen LogP contribution is 2.55. The van der Waals surface area contributed by atoms with E-state index in [2.05, 4.69) is 43.4 Å². The molecule has 3 heteroatoms. The highest BCUT2D eigenvalue weighted by atomic mass is 35.5. The molecule has 1 aromatic rings. The summed E-state index contributed by atoms with van der Waals surface area (Å²) in [6, 6.07) is 8.63. The quantitative estimate of drug-likeness (QED) is 0.836. The summed E-state index contributed by atoms with van der Waals surface area (Å²) in [6.45, 7) is 4.66. The van der Waals surface area contributed by atoms with E-state index in [0.29, 0.717) is 5.92 Å². The fraction of sp³-hybridized carbons (Fsp3) is 0.611. The van der Waals surface area contributed by atoms with E-state index in [4.69, 9.17) is 0 Å². The van der Waals surface area contributed by atoms with E-state index in [0.717, 1.165) is 12.8 Å². The number of nitrogens with one attached hydrogen (secondary N) is 1. The lowest BCUT2D eigenvalue weighted by molar-refractivity contribution is -0.131. The molecule has 1 fully saturated rings. The van der Waals surface area contributed by atoms with E-state index < -0.39 is 0 Å². The van der Waals surface area contributed by atoms with Gasteiger partial charge in [0.1, 0.15) is 0 Å². The molecule has 1 saturated carbocycles. The fourth-order valence-corrected chi connectivity index (χ4v) is 4.71. The molecule has 2 atom stereocenters. The number of hydrogen-bond acceptors (Lipinski definition) is 1. The summed E-state index contributed by atoms with van der Waals surface area (Å²) < 4.78 is 0. The van der Waals surface area contributed by atoms with Crippen molar-refractivity contribution in [2.24, 2.45) is 5.92 Å². The Bertz CT molecular complexity index is 540. The monoisotopic (exact) mass is 307 g/mol. The Hall–Kier alpha value is -1.02. The summed E-state index contributed by atoms with van der Waals surface area (Å²) in [5.41, 5.74) is 2.57. The zero-order chi connectivity index (χ0) is 14.4. The zero-order valence-corrected chi connectivity index (χ0v) is 14.1. The molecule has 0 saturated heterocycles. The molecular formula is C18H26ClNO. The van der Waals surface area contributed by atoms with Gasteiger partial charge in [0.2, 0.25) is 5.91 Å². The average Bonchev–Trinajstić information content (AvgIpc) is 2.46. The maximum absolute atomic E-state index is 12.8. The Kier molecular flexibility index (Phi) is 4.39. The Morgan fingerprint density at radius 1 is 1.19 bits per heavy atom. The van der Waals surface area contributed by atoms with Gasteiger partial charge in [0, 0.05) is 7.05 Å². The van der Waals surface area contributed by atoms with Crippen LogP contribution in [-0.4, -0.2) is 13.0 Å². The van der Waals surface area contributed by atoms with Gasteiger partial charge in [-0.15, -0.1) is 12.4 Å². The lowest BCUT2D eigenvalue weighted by Gasteiger charge is -2.52. The SMILES string of the molecule is CNC(=O)C12CCCCC1CC(C)(C)c1ccccc12.Cl. The maximum atomic E-state index is 12.8. The predicted octanol–water partition coefficient (Wildman–Crippen LogP) is 3.96. The molecule has 0 bridgehead atoms. The van der Waals surface area contributed by atoms with Crippen molar-refractivity contribution in [1.29, 1.82) is 0 Å². The van der Waals surface area contributed by atoms with Crippen LogP contribution in [-0.2, 0) is 15.6 Å². The normalized spacial score (nSPS) is 29.6. The summed E-state index contributed by atoms with van der Waals surface area (Å²) in [7, 11) is 1.78. The van der Waals surface area contributed by atoms with Crippen molar-refractivity contribution in [2.45, 2.75) is 56.8 Å². The number of rotatable bonds is 1. The van der Waals surface area contributed by atoms with E-state index in [-0.39, 0.29) is 29.1 Å². The fourth-order valence-electron chi connectivity index (χ4n) is 4.71. The van der Waals surface area contributed by atoms with E-state index in [1.165, 1.54) is 30.4 Å². The van der Waals surface area contributed by atoms with Crippen LogP contribution in [0.2, 0.25) is 0 Å². The van der Waals surface area contributed by atoms with E-state index >= 15 is 0 Å². The van der Waals surface area contributed by atoms with Crippen molar-refractivity contribution < 1.29 is 4.79 Å². The number of carbonyl (C=O) groups excluding carboxylic acids is 1. The summed E-state index contributed by atoms with van der Waals surface area (Å²) >= 11 is 0. The number of amides is 1. The molecule has 116 valence electrons. The smallest absolute Gasteiger partial charge is 0.230 e. The third-order valence-electron chi connectivity index (χ3n) is 5.60. The third kappa shape index (κ3) is 2.28. The van der Waals surface area contributed by atoms with Crippen LogP contribution in [0.5, 0.6) is 0 Å². The highest BCUT2D eigenvalue weighted by molar-refractivity contribution is 5.89. The second-order valence-electron chi connectivity index (χ2n) is 7.13. The van der Waals surface area contributed by atoms with Gasteiger partial charge >= 0.3 is 0 Å². The van der Waals surface area contributed by atoms with E-state index in [1.54, 1.807) is 7.05 Å². The molecule has 2 aliphatic carbocycles. The minimum atomic E-state index is -0.279. The van der Waals surface area contributed by atoms with Gasteiger partial charge in [-0.1, -0.05) is 51.0 Å². The molecule has 0 radical (unpaired) electrons. The molecule has 0 spiro atoms. The molecule has 3 rings (SSSR count). The minimum Gasteiger partial charge on any atom is -0.358 e. The predicted molar refractivity (Wildman–Crippen MR) is 89.0 cm³/mol. The molecule has 1 N–H and O–H groups in total. The van der Waals surface area contributed by atoms with Gasteiger partial charge in [0.15, 0.2) is 0 Å². The van der Waals surface area contributed by atoms with Gasteiger partial charge < -0.3 is 5.32 Å². The van der Waals surface area contributed by atoms with Crippen LogP contribution in [0.25, 0.3) is 0 Å². The summed E-state index contributed by atoms with van der Waals surface area (Å²) in [4.78, 5) is 12.8. The first kappa shape index (κ1) is 16.4. The summed E-state index contributed by atoms with van der Waals surface area (Å²) in [5, 5.41) is 2.95. The molecular weight excluding hydrogens is 282 g/mol. The van der Waals surface area contributed by atoms with Crippen molar-refractivity contribution >= 4 is 18.3 Å². The second-order valence-corrected chi connectivity index (χ2v) is 7.13. The Morgan fingerprint density at radius 3 is 2.52 bits per heavy atom. The second kappa shape index (κ2) is 5.64. The van der Waals surface area contributed by atoms with Crippen LogP contribution in [0.1, 0.15) is 57.1 Å². The van der Waals surface area contributed by atoms with E-state index in [9.17, 15) is 4.79 Å². The van der Waals surface area contributed by atoms with E-state index in [1.807, 2.05) is 0 Å². The Labute approximate surface area is 134 Å². The van der Waals surface area contributed by atoms with Gasteiger partial charge in [-0.05, 0) is 41.7 Å². The molecule has 2 aliphatic rings. The third-order valence-corrected chi connectivity index (χ3v) is 5.60. The average molecular weight is 308 g/mol. The van der Waals surface area contributed by atoms with Crippen molar-refractivity contribution in [3.8, 4) is 0 Å². The van der Waals surface area contributed by atoms with Crippen molar-refractivity contribution in [1.82, 2.24) is 5.32 Å². The van der Waals surface area contributed by atoms with Crippen LogP contribution < -0.4 is 5.32 Å². The van der Waals surface area contributed by atoms with Crippen molar-refractivity contribution in [3.63, 3.8) is 0 Å². The van der Waals surface area contributed by atoms with Crippen LogP contribution in [0.3, 0.4) is 0 Å². The van der Waals surface area contributed by atoms with Gasteiger partial charge in [0.25, 0.3) is 0 Å². The standard InChI is InChI=1S/C18H25NO.ClH/c1-17(2)12-13-8-6-7-11-18(13,16(20)19-3)15-10-5-4-9-14(15)17;/h4-5,9-10,13H,6-8,11-12H2,1-3H3,(H,19,20);1H. The molecule has 2 nitrogen and oxygen atoms in total. The van der Waals surface area contributed by atoms with Crippen molar-refractivity contribution in [2.75, 3.05) is 7.05 Å². The van der Waals surface area contributed by atoms with Crippen LogP contribution in [0, 0.1) is 5.92 Å². The summed E-state index contributed by atoms with van der Waals surface area (Å²) in [6.07, 6.45) is 5.74. The first-order valence-corrected chi connectivity index (χ1v) is 7.84. The lowest BCUT2D eigenvalue weighted by Crippen LogP contribution is -2.55. The Morgan fingerprint density at radius 2 is 1.86 bits per heavy atom. The number of fused-ring (bicyclic) bond motifs is 3. The highest BCUT2D eigenvalue weighted by Gasteiger charge is 2.54. The van der Waals surface area contributed by atoms with Gasteiger partial charge in [-0.3, -0.25) is 4.79 Å². The minimum absolute atomic E-state index is 0. The largest absolute Gasteiger partial charge is 0.358 e. The van der Waals surface area contributed by atoms with Gasteiger partial charge in [-0.25, -0.2) is 0 Å². The molecule has 1 amide bonds. The molecule has 2 unspecified atom stereocenters. The maximum Gasteiger partial charge on any atom is 0.230 e. The number of halogens is 1. The molecule has 0 aromatic heterocycles. The lowest BCUT2D eigenvalue weighted by atomic mass is 9.51. The van der Waals surface area contributed by atoms with Crippen molar-refractivity contribution in [3.05, 3.63) is 35.4 Å². The van der Waals surface area contributed by atoms with Gasteiger partial charge in [-0.2, -0.15) is 0 Å². The Balaban J connectivity index is 0.00000161. The molecule has 1 aromatic carbocycles. The number of hydrogen-bond donors (Lipinski definition) is 1. The molecule has 0 heterocycles. The van der Waals surface area contributed by atoms with Crippen LogP contribution in [0.15, 0.2) is 24.3 Å². The number of benzene rings is 1. The van der Waals surface area contributed by atoms with Gasteiger partial charge in [0.05, 0.1) is 5.41 Å². The first-order valence-electron chi connectivity index (χ1n) is 7.84.